The Morgan fingerprint density at radius 3 is 3.00 bits per heavy atom. The summed E-state index contributed by atoms with van der Waals surface area (Å²) in [6.07, 6.45) is 2.22. The number of hydrogen-bond acceptors (Lipinski definition) is 3. The highest BCUT2D eigenvalue weighted by Gasteiger charge is 2.25. The van der Waals surface area contributed by atoms with E-state index < -0.39 is 0 Å². The van der Waals surface area contributed by atoms with Crippen LogP contribution in [0.2, 0.25) is 0 Å². The first-order chi connectivity index (χ1) is 8.36. The lowest BCUT2D eigenvalue weighted by Crippen LogP contribution is -2.40. The molecule has 0 spiro atoms. The summed E-state index contributed by atoms with van der Waals surface area (Å²) in [4.78, 5) is 2.49. The summed E-state index contributed by atoms with van der Waals surface area (Å²) >= 11 is 0. The molecule has 0 aromatic heterocycles. The molecule has 1 unspecified atom stereocenters. The van der Waals surface area contributed by atoms with Crippen molar-refractivity contribution in [3.63, 3.8) is 0 Å². The van der Waals surface area contributed by atoms with Gasteiger partial charge in [-0.1, -0.05) is 24.3 Å². The van der Waals surface area contributed by atoms with E-state index in [1.54, 1.807) is 7.11 Å². The summed E-state index contributed by atoms with van der Waals surface area (Å²) < 4.78 is 5.11. The van der Waals surface area contributed by atoms with Gasteiger partial charge in [0.25, 0.3) is 0 Å². The molecule has 94 valence electrons. The molecule has 1 aromatic rings. The van der Waals surface area contributed by atoms with E-state index in [1.165, 1.54) is 11.1 Å². The van der Waals surface area contributed by atoms with Crippen LogP contribution in [0, 0.1) is 0 Å². The van der Waals surface area contributed by atoms with E-state index in [-0.39, 0.29) is 0 Å². The number of fused-ring (bicyclic) bond motifs is 1. The van der Waals surface area contributed by atoms with E-state index in [0.717, 1.165) is 32.5 Å². The van der Waals surface area contributed by atoms with Gasteiger partial charge >= 0.3 is 0 Å². The number of nitrogens with two attached hydrogens (primary N) is 1. The zero-order chi connectivity index (χ0) is 12.1. The first-order valence-electron chi connectivity index (χ1n) is 6.37. The molecule has 0 amide bonds. The van der Waals surface area contributed by atoms with Crippen LogP contribution in [0.3, 0.4) is 0 Å². The highest BCUT2D eigenvalue weighted by Crippen LogP contribution is 2.28. The Kier molecular flexibility index (Phi) is 4.54. The van der Waals surface area contributed by atoms with Crippen molar-refractivity contribution in [1.29, 1.82) is 0 Å². The molecular formula is C14H22N2O. The van der Waals surface area contributed by atoms with Crippen LogP contribution in [-0.2, 0) is 11.2 Å². The first kappa shape index (κ1) is 12.6. The molecule has 0 radical (unpaired) electrons. The third-order valence-corrected chi connectivity index (χ3v) is 3.54. The second-order valence-electron chi connectivity index (χ2n) is 4.58. The van der Waals surface area contributed by atoms with E-state index in [1.807, 2.05) is 0 Å². The number of rotatable bonds is 5. The maximum Gasteiger partial charge on any atom is 0.0474 e. The van der Waals surface area contributed by atoms with Gasteiger partial charge in [0, 0.05) is 39.4 Å². The number of benzene rings is 1. The molecule has 1 atom stereocenters. The van der Waals surface area contributed by atoms with Gasteiger partial charge in [0.05, 0.1) is 0 Å². The van der Waals surface area contributed by atoms with Crippen molar-refractivity contribution in [3.8, 4) is 0 Å². The lowest BCUT2D eigenvalue weighted by Gasteiger charge is -2.36. The minimum Gasteiger partial charge on any atom is -0.385 e. The second-order valence-corrected chi connectivity index (χ2v) is 4.58. The largest absolute Gasteiger partial charge is 0.385 e. The minimum atomic E-state index is 0.386. The van der Waals surface area contributed by atoms with Crippen molar-refractivity contribution in [2.24, 2.45) is 5.73 Å². The normalized spacial score (nSPS) is 20.2. The maximum absolute atomic E-state index is 5.94. The predicted molar refractivity (Wildman–Crippen MR) is 70.0 cm³/mol. The van der Waals surface area contributed by atoms with Crippen LogP contribution in [0.4, 0.5) is 0 Å². The average molecular weight is 234 g/mol. The molecule has 1 aliphatic heterocycles. The third-order valence-electron chi connectivity index (χ3n) is 3.54. The molecule has 2 rings (SSSR count). The quantitative estimate of drug-likeness (QED) is 0.786. The zero-order valence-corrected chi connectivity index (χ0v) is 10.6. The number of methoxy groups -OCH3 is 1. The van der Waals surface area contributed by atoms with Crippen LogP contribution >= 0.6 is 0 Å². The number of hydrogen-bond donors (Lipinski definition) is 1. The molecule has 3 nitrogen and oxygen atoms in total. The minimum absolute atomic E-state index is 0.386. The van der Waals surface area contributed by atoms with Gasteiger partial charge in [0.15, 0.2) is 0 Å². The Morgan fingerprint density at radius 2 is 2.24 bits per heavy atom. The fourth-order valence-corrected chi connectivity index (χ4v) is 2.66. The van der Waals surface area contributed by atoms with Crippen molar-refractivity contribution in [2.75, 3.05) is 33.4 Å². The van der Waals surface area contributed by atoms with Crippen LogP contribution in [-0.4, -0.2) is 38.3 Å². The van der Waals surface area contributed by atoms with Crippen molar-refractivity contribution < 1.29 is 4.74 Å². The molecule has 0 fully saturated rings. The number of nitrogens with zero attached hydrogens (tertiary/aromatic N) is 1. The third kappa shape index (κ3) is 2.86. The first-order valence-corrected chi connectivity index (χ1v) is 6.37. The molecular weight excluding hydrogens is 212 g/mol. The molecule has 0 saturated heterocycles. The number of ether oxygens (including phenoxy) is 1. The monoisotopic (exact) mass is 234 g/mol. The summed E-state index contributed by atoms with van der Waals surface area (Å²) in [5.74, 6) is 0. The molecule has 1 aromatic carbocycles. The smallest absolute Gasteiger partial charge is 0.0474 e. The van der Waals surface area contributed by atoms with Crippen LogP contribution in [0.25, 0.3) is 0 Å². The van der Waals surface area contributed by atoms with E-state index in [9.17, 15) is 0 Å². The van der Waals surface area contributed by atoms with Crippen molar-refractivity contribution in [1.82, 2.24) is 4.90 Å². The topological polar surface area (TPSA) is 38.5 Å². The van der Waals surface area contributed by atoms with Crippen molar-refractivity contribution >= 4 is 0 Å². The van der Waals surface area contributed by atoms with Gasteiger partial charge in [-0.25, -0.2) is 0 Å². The van der Waals surface area contributed by atoms with Gasteiger partial charge < -0.3 is 10.5 Å². The Balaban J connectivity index is 2.06. The van der Waals surface area contributed by atoms with Crippen LogP contribution in [0.1, 0.15) is 23.6 Å². The van der Waals surface area contributed by atoms with Gasteiger partial charge in [-0.2, -0.15) is 0 Å². The molecule has 3 heteroatoms. The van der Waals surface area contributed by atoms with Crippen molar-refractivity contribution in [2.45, 2.75) is 18.9 Å². The Labute approximate surface area is 104 Å². The van der Waals surface area contributed by atoms with Crippen LogP contribution < -0.4 is 5.73 Å². The molecule has 0 saturated carbocycles. The van der Waals surface area contributed by atoms with Crippen LogP contribution in [0.5, 0.6) is 0 Å². The molecule has 17 heavy (non-hydrogen) atoms. The summed E-state index contributed by atoms with van der Waals surface area (Å²) in [5.41, 5.74) is 8.82. The summed E-state index contributed by atoms with van der Waals surface area (Å²) in [6.45, 7) is 3.71. The van der Waals surface area contributed by atoms with Crippen molar-refractivity contribution in [3.05, 3.63) is 35.4 Å². The van der Waals surface area contributed by atoms with Crippen LogP contribution in [0.15, 0.2) is 24.3 Å². The summed E-state index contributed by atoms with van der Waals surface area (Å²) in [5, 5.41) is 0. The predicted octanol–water partition coefficient (Wildman–Crippen LogP) is 1.58. The Hall–Kier alpha value is -0.900. The highest BCUT2D eigenvalue weighted by molar-refractivity contribution is 5.32. The maximum atomic E-state index is 5.94. The molecule has 1 heterocycles. The van der Waals surface area contributed by atoms with E-state index in [0.29, 0.717) is 12.6 Å². The summed E-state index contributed by atoms with van der Waals surface area (Å²) in [7, 11) is 1.76. The lowest BCUT2D eigenvalue weighted by atomic mass is 9.92. The average Bonchev–Trinajstić information content (AvgIpc) is 2.38. The second kappa shape index (κ2) is 6.15. The zero-order valence-electron chi connectivity index (χ0n) is 10.6. The Morgan fingerprint density at radius 1 is 1.41 bits per heavy atom. The van der Waals surface area contributed by atoms with Gasteiger partial charge in [-0.3, -0.25) is 4.90 Å². The lowest BCUT2D eigenvalue weighted by molar-refractivity contribution is 0.145. The van der Waals surface area contributed by atoms with Gasteiger partial charge in [-0.15, -0.1) is 0 Å². The van der Waals surface area contributed by atoms with Gasteiger partial charge in [-0.05, 0) is 24.0 Å². The SMILES string of the molecule is COCCCN1CCc2ccccc2C1CN. The highest BCUT2D eigenvalue weighted by atomic mass is 16.5. The molecule has 1 aliphatic rings. The van der Waals surface area contributed by atoms with E-state index in [4.69, 9.17) is 10.5 Å². The molecule has 0 aliphatic carbocycles. The van der Waals surface area contributed by atoms with Gasteiger partial charge in [0.1, 0.15) is 0 Å². The molecule has 2 N–H and O–H groups in total. The Bertz CT molecular complexity index is 354. The molecule has 0 bridgehead atoms. The fourth-order valence-electron chi connectivity index (χ4n) is 2.66. The summed E-state index contributed by atoms with van der Waals surface area (Å²) in [6, 6.07) is 9.06. The standard InChI is InChI=1S/C14H22N2O/c1-17-10-4-8-16-9-7-12-5-2-3-6-13(12)14(16)11-15/h2-3,5-6,14H,4,7-11,15H2,1H3. The van der Waals surface area contributed by atoms with E-state index in [2.05, 4.69) is 29.2 Å². The van der Waals surface area contributed by atoms with E-state index >= 15 is 0 Å². The van der Waals surface area contributed by atoms with Gasteiger partial charge in [0.2, 0.25) is 0 Å². The fraction of sp³-hybridized carbons (Fsp3) is 0.571.